The Bertz CT molecular complexity index is 616. The van der Waals surface area contributed by atoms with E-state index in [1.165, 1.54) is 0 Å². The Morgan fingerprint density at radius 3 is 2.84 bits per heavy atom. The van der Waals surface area contributed by atoms with Gasteiger partial charge in [0.15, 0.2) is 11.5 Å². The number of rotatable bonds is 3. The van der Waals surface area contributed by atoms with Crippen molar-refractivity contribution in [3.8, 4) is 11.5 Å². The molecular formula is C14H11Br2NO2. The standard InChI is InChI=1S/C14H11Br2NO2/c15-10-2-1-3-11(6-10)17-7-9-4-12(16)14-13(5-9)18-8-19-14/h1-6,17H,7-8H2. The van der Waals surface area contributed by atoms with Crippen molar-refractivity contribution in [3.63, 3.8) is 0 Å². The van der Waals surface area contributed by atoms with Crippen LogP contribution in [-0.2, 0) is 6.54 Å². The lowest BCUT2D eigenvalue weighted by Gasteiger charge is -2.08. The topological polar surface area (TPSA) is 30.5 Å². The minimum atomic E-state index is 0.288. The maximum atomic E-state index is 5.40. The molecule has 2 aromatic rings. The number of anilines is 1. The second-order valence-corrected chi connectivity index (χ2v) is 5.95. The highest BCUT2D eigenvalue weighted by Crippen LogP contribution is 2.40. The van der Waals surface area contributed by atoms with E-state index >= 15 is 0 Å². The minimum absolute atomic E-state index is 0.288. The van der Waals surface area contributed by atoms with Crippen LogP contribution in [0.3, 0.4) is 0 Å². The average Bonchev–Trinajstić information content (AvgIpc) is 2.85. The number of fused-ring (bicyclic) bond motifs is 1. The zero-order valence-corrected chi connectivity index (χ0v) is 13.1. The fourth-order valence-electron chi connectivity index (χ4n) is 1.93. The Hall–Kier alpha value is -1.20. The molecule has 2 aromatic carbocycles. The first kappa shape index (κ1) is 12.8. The van der Waals surface area contributed by atoms with Crippen molar-refractivity contribution < 1.29 is 9.47 Å². The fraction of sp³-hybridized carbons (Fsp3) is 0.143. The van der Waals surface area contributed by atoms with Crippen LogP contribution in [0.2, 0.25) is 0 Å². The molecule has 0 saturated carbocycles. The van der Waals surface area contributed by atoms with Gasteiger partial charge >= 0.3 is 0 Å². The highest BCUT2D eigenvalue weighted by molar-refractivity contribution is 9.10. The molecule has 0 atom stereocenters. The third-order valence-electron chi connectivity index (χ3n) is 2.81. The Morgan fingerprint density at radius 1 is 1.11 bits per heavy atom. The maximum absolute atomic E-state index is 5.40. The third kappa shape index (κ3) is 2.87. The summed E-state index contributed by atoms with van der Waals surface area (Å²) in [4.78, 5) is 0. The van der Waals surface area contributed by atoms with Gasteiger partial charge in [-0.2, -0.15) is 0 Å². The lowest BCUT2D eigenvalue weighted by Crippen LogP contribution is -1.99. The first-order valence-corrected chi connectivity index (χ1v) is 7.38. The molecule has 3 nitrogen and oxygen atoms in total. The van der Waals surface area contributed by atoms with Crippen LogP contribution >= 0.6 is 31.9 Å². The molecule has 3 rings (SSSR count). The van der Waals surface area contributed by atoms with E-state index in [-0.39, 0.29) is 6.79 Å². The van der Waals surface area contributed by atoms with Gasteiger partial charge in [0, 0.05) is 16.7 Å². The Balaban J connectivity index is 1.76. The predicted octanol–water partition coefficient (Wildman–Crippen LogP) is 4.55. The summed E-state index contributed by atoms with van der Waals surface area (Å²) in [7, 11) is 0. The molecule has 0 amide bonds. The highest BCUT2D eigenvalue weighted by Gasteiger charge is 2.17. The van der Waals surface area contributed by atoms with Crippen LogP contribution in [0.4, 0.5) is 5.69 Å². The zero-order chi connectivity index (χ0) is 13.2. The van der Waals surface area contributed by atoms with E-state index in [1.807, 2.05) is 36.4 Å². The zero-order valence-electron chi connectivity index (χ0n) is 9.95. The summed E-state index contributed by atoms with van der Waals surface area (Å²) in [6.07, 6.45) is 0. The van der Waals surface area contributed by atoms with Crippen molar-refractivity contribution in [1.29, 1.82) is 0 Å². The summed E-state index contributed by atoms with van der Waals surface area (Å²) in [5.41, 5.74) is 2.21. The van der Waals surface area contributed by atoms with E-state index in [1.54, 1.807) is 0 Å². The molecule has 1 N–H and O–H groups in total. The van der Waals surface area contributed by atoms with Gasteiger partial charge in [-0.1, -0.05) is 22.0 Å². The molecule has 0 saturated heterocycles. The van der Waals surface area contributed by atoms with Gasteiger partial charge in [0.05, 0.1) is 4.47 Å². The fourth-order valence-corrected chi connectivity index (χ4v) is 2.93. The van der Waals surface area contributed by atoms with Crippen LogP contribution in [0.5, 0.6) is 11.5 Å². The maximum Gasteiger partial charge on any atom is 0.231 e. The number of hydrogen-bond acceptors (Lipinski definition) is 3. The summed E-state index contributed by atoms with van der Waals surface area (Å²) in [6.45, 7) is 1.02. The van der Waals surface area contributed by atoms with Crippen LogP contribution in [0, 0.1) is 0 Å². The average molecular weight is 385 g/mol. The second kappa shape index (κ2) is 5.43. The summed E-state index contributed by atoms with van der Waals surface area (Å²) in [6, 6.07) is 12.1. The number of benzene rings is 2. The second-order valence-electron chi connectivity index (χ2n) is 4.18. The number of hydrogen-bond donors (Lipinski definition) is 1. The highest BCUT2D eigenvalue weighted by atomic mass is 79.9. The summed E-state index contributed by atoms with van der Waals surface area (Å²) in [5.74, 6) is 1.58. The molecule has 1 aliphatic rings. The predicted molar refractivity (Wildman–Crippen MR) is 81.7 cm³/mol. The molecule has 19 heavy (non-hydrogen) atoms. The molecule has 0 unspecified atom stereocenters. The number of halogens is 2. The summed E-state index contributed by atoms with van der Waals surface area (Å²) < 4.78 is 12.8. The van der Waals surface area contributed by atoms with Crippen LogP contribution < -0.4 is 14.8 Å². The molecule has 98 valence electrons. The number of ether oxygens (including phenoxy) is 2. The van der Waals surface area contributed by atoms with E-state index in [0.717, 1.165) is 38.2 Å². The quantitative estimate of drug-likeness (QED) is 0.841. The van der Waals surface area contributed by atoms with Crippen molar-refractivity contribution in [2.75, 3.05) is 12.1 Å². The molecular weight excluding hydrogens is 374 g/mol. The van der Waals surface area contributed by atoms with Crippen molar-refractivity contribution in [3.05, 3.63) is 50.9 Å². The Kier molecular flexibility index (Phi) is 3.66. The third-order valence-corrected chi connectivity index (χ3v) is 3.89. The lowest BCUT2D eigenvalue weighted by molar-refractivity contribution is 0.173. The van der Waals surface area contributed by atoms with E-state index < -0.39 is 0 Å². The normalized spacial score (nSPS) is 12.5. The number of nitrogens with one attached hydrogen (secondary N) is 1. The first-order valence-electron chi connectivity index (χ1n) is 5.80. The molecule has 5 heteroatoms. The van der Waals surface area contributed by atoms with E-state index in [9.17, 15) is 0 Å². The van der Waals surface area contributed by atoms with Crippen molar-refractivity contribution in [1.82, 2.24) is 0 Å². The van der Waals surface area contributed by atoms with Crippen molar-refractivity contribution in [2.45, 2.75) is 6.54 Å². The van der Waals surface area contributed by atoms with E-state index in [0.29, 0.717) is 0 Å². The van der Waals surface area contributed by atoms with E-state index in [2.05, 4.69) is 37.2 Å². The minimum Gasteiger partial charge on any atom is -0.454 e. The summed E-state index contributed by atoms with van der Waals surface area (Å²) >= 11 is 6.95. The van der Waals surface area contributed by atoms with Gasteiger partial charge < -0.3 is 14.8 Å². The van der Waals surface area contributed by atoms with Crippen LogP contribution in [0.1, 0.15) is 5.56 Å². The molecule has 1 aliphatic heterocycles. The van der Waals surface area contributed by atoms with Gasteiger partial charge in [0.1, 0.15) is 0 Å². The van der Waals surface area contributed by atoms with Crippen LogP contribution in [0.15, 0.2) is 45.3 Å². The largest absolute Gasteiger partial charge is 0.454 e. The van der Waals surface area contributed by atoms with Crippen LogP contribution in [-0.4, -0.2) is 6.79 Å². The van der Waals surface area contributed by atoms with Gasteiger partial charge in [-0.25, -0.2) is 0 Å². The molecule has 0 bridgehead atoms. The van der Waals surface area contributed by atoms with Crippen molar-refractivity contribution in [2.24, 2.45) is 0 Å². The van der Waals surface area contributed by atoms with Gasteiger partial charge in [-0.05, 0) is 51.8 Å². The SMILES string of the molecule is Brc1cccc(NCc2cc(Br)c3c(c2)OCO3)c1. The smallest absolute Gasteiger partial charge is 0.231 e. The van der Waals surface area contributed by atoms with Crippen LogP contribution in [0.25, 0.3) is 0 Å². The Labute approximate surface area is 128 Å². The lowest BCUT2D eigenvalue weighted by atomic mass is 10.2. The van der Waals surface area contributed by atoms with Crippen molar-refractivity contribution >= 4 is 37.5 Å². The van der Waals surface area contributed by atoms with Gasteiger partial charge in [0.25, 0.3) is 0 Å². The van der Waals surface area contributed by atoms with Gasteiger partial charge in [-0.15, -0.1) is 0 Å². The molecule has 0 spiro atoms. The molecule has 0 radical (unpaired) electrons. The molecule has 0 aliphatic carbocycles. The summed E-state index contributed by atoms with van der Waals surface area (Å²) in [5, 5.41) is 3.37. The monoisotopic (exact) mass is 383 g/mol. The van der Waals surface area contributed by atoms with Gasteiger partial charge in [-0.3, -0.25) is 0 Å². The molecule has 1 heterocycles. The molecule has 0 aromatic heterocycles. The van der Waals surface area contributed by atoms with Gasteiger partial charge in [0.2, 0.25) is 6.79 Å². The molecule has 0 fully saturated rings. The van der Waals surface area contributed by atoms with E-state index in [4.69, 9.17) is 9.47 Å². The Morgan fingerprint density at radius 2 is 2.00 bits per heavy atom. The first-order chi connectivity index (χ1) is 9.22.